The number of nitrogens with zero attached hydrogens (tertiary/aromatic N) is 1. The Kier molecular flexibility index (Phi) is 7.40. The molecule has 0 fully saturated rings. The number of fused-ring (bicyclic) bond motifs is 2. The van der Waals surface area contributed by atoms with Crippen molar-refractivity contribution in [2.75, 3.05) is 7.11 Å². The molecule has 218 valence electrons. The zero-order valence-electron chi connectivity index (χ0n) is 22.6. The van der Waals surface area contributed by atoms with Crippen LogP contribution in [0.3, 0.4) is 0 Å². The van der Waals surface area contributed by atoms with Crippen molar-refractivity contribution in [3.05, 3.63) is 88.1 Å². The second-order valence-corrected chi connectivity index (χ2v) is 9.39. The number of benzene rings is 3. The van der Waals surface area contributed by atoms with Gasteiger partial charge >= 0.3 is 5.97 Å². The lowest BCUT2D eigenvalue weighted by molar-refractivity contribution is -0.141. The molecule has 0 bridgehead atoms. The SMILES string of the molecule is CCn1cc(/C=C2\Oc3cc(OC(=O)C(C)Oc4c(F)c(F)c(F)c(F)c4F)cc(C)c3C2=O)c2cc(OC)ccc21. The van der Waals surface area contributed by atoms with E-state index < -0.39 is 52.7 Å². The lowest BCUT2D eigenvalue weighted by atomic mass is 10.0. The number of allylic oxidation sites excluding steroid dienone is 1. The van der Waals surface area contributed by atoms with E-state index >= 15 is 0 Å². The molecule has 0 saturated heterocycles. The molecule has 12 heteroatoms. The van der Waals surface area contributed by atoms with Crippen LogP contribution in [0.5, 0.6) is 23.0 Å². The Bertz CT molecular complexity index is 1780. The summed E-state index contributed by atoms with van der Waals surface area (Å²) in [5.41, 5.74) is 2.28. The van der Waals surface area contributed by atoms with Gasteiger partial charge in [0.25, 0.3) is 0 Å². The first-order chi connectivity index (χ1) is 19.9. The van der Waals surface area contributed by atoms with Gasteiger partial charge in [-0.2, -0.15) is 8.78 Å². The Morgan fingerprint density at radius 3 is 2.31 bits per heavy atom. The maximum Gasteiger partial charge on any atom is 0.352 e. The highest BCUT2D eigenvalue weighted by atomic mass is 19.2. The van der Waals surface area contributed by atoms with Gasteiger partial charge in [0.05, 0.1) is 12.7 Å². The van der Waals surface area contributed by atoms with E-state index in [4.69, 9.17) is 18.9 Å². The first kappa shape index (κ1) is 28.7. The van der Waals surface area contributed by atoms with Crippen LogP contribution in [-0.4, -0.2) is 29.5 Å². The van der Waals surface area contributed by atoms with Crippen LogP contribution in [0.15, 0.2) is 42.3 Å². The van der Waals surface area contributed by atoms with Gasteiger partial charge in [-0.15, -0.1) is 0 Å². The van der Waals surface area contributed by atoms with Crippen molar-refractivity contribution < 1.29 is 50.5 Å². The molecule has 42 heavy (non-hydrogen) atoms. The van der Waals surface area contributed by atoms with Gasteiger partial charge < -0.3 is 23.5 Å². The Labute approximate surface area is 235 Å². The highest BCUT2D eigenvalue weighted by Crippen LogP contribution is 2.39. The zero-order chi connectivity index (χ0) is 30.5. The molecule has 0 N–H and O–H groups in total. The fraction of sp³-hybridized carbons (Fsp3) is 0.200. The molecule has 4 aromatic rings. The number of ether oxygens (including phenoxy) is 4. The third-order valence-corrected chi connectivity index (χ3v) is 6.70. The number of hydrogen-bond donors (Lipinski definition) is 0. The van der Waals surface area contributed by atoms with E-state index in [1.165, 1.54) is 12.1 Å². The molecule has 0 radical (unpaired) electrons. The maximum atomic E-state index is 14.0. The van der Waals surface area contributed by atoms with Gasteiger partial charge in [0, 0.05) is 35.3 Å². The average Bonchev–Trinajstić information content (AvgIpc) is 3.49. The van der Waals surface area contributed by atoms with E-state index in [-0.39, 0.29) is 22.8 Å². The summed E-state index contributed by atoms with van der Waals surface area (Å²) in [5, 5.41) is 0.838. The fourth-order valence-electron chi connectivity index (χ4n) is 4.60. The molecule has 0 aliphatic carbocycles. The number of esters is 1. The van der Waals surface area contributed by atoms with Crippen LogP contribution < -0.4 is 18.9 Å². The highest BCUT2D eigenvalue weighted by molar-refractivity contribution is 6.16. The molecule has 3 aromatic carbocycles. The predicted molar refractivity (Wildman–Crippen MR) is 140 cm³/mol. The van der Waals surface area contributed by atoms with Crippen LogP contribution in [0.25, 0.3) is 17.0 Å². The number of halogens is 5. The molecule has 7 nitrogen and oxygen atoms in total. The molecule has 1 aliphatic heterocycles. The van der Waals surface area contributed by atoms with Gasteiger partial charge in [-0.1, -0.05) is 0 Å². The van der Waals surface area contributed by atoms with Gasteiger partial charge in [0.2, 0.25) is 34.9 Å². The second-order valence-electron chi connectivity index (χ2n) is 9.39. The van der Waals surface area contributed by atoms with E-state index in [0.717, 1.165) is 17.8 Å². The fourth-order valence-corrected chi connectivity index (χ4v) is 4.60. The number of Topliss-reactive ketones (excluding diaryl/α,β-unsaturated/α-hetero) is 1. The zero-order valence-corrected chi connectivity index (χ0v) is 22.6. The molecule has 5 rings (SSSR count). The quantitative estimate of drug-likeness (QED) is 0.0601. The van der Waals surface area contributed by atoms with Crippen LogP contribution in [-0.2, 0) is 11.3 Å². The van der Waals surface area contributed by atoms with Crippen LogP contribution in [0, 0.1) is 36.0 Å². The Hall–Kier alpha value is -4.87. The molecule has 1 aliphatic rings. The van der Waals surface area contributed by atoms with Crippen molar-refractivity contribution in [2.24, 2.45) is 0 Å². The van der Waals surface area contributed by atoms with Crippen LogP contribution in [0.1, 0.15) is 35.3 Å². The van der Waals surface area contributed by atoms with Crippen molar-refractivity contribution in [3.63, 3.8) is 0 Å². The molecule has 1 atom stereocenters. The minimum Gasteiger partial charge on any atom is -0.497 e. The number of carbonyl (C=O) groups excluding carboxylic acids is 2. The maximum absolute atomic E-state index is 14.0. The summed E-state index contributed by atoms with van der Waals surface area (Å²) in [5.74, 6) is -13.8. The van der Waals surface area contributed by atoms with E-state index in [2.05, 4.69) is 0 Å². The van der Waals surface area contributed by atoms with Gasteiger partial charge in [0.15, 0.2) is 17.6 Å². The number of methoxy groups -OCH3 is 1. The summed E-state index contributed by atoms with van der Waals surface area (Å²) in [7, 11) is 1.55. The topological polar surface area (TPSA) is 76.0 Å². The summed E-state index contributed by atoms with van der Waals surface area (Å²) in [4.78, 5) is 25.8. The molecule has 1 aromatic heterocycles. The Balaban J connectivity index is 1.39. The molecular weight excluding hydrogens is 565 g/mol. The predicted octanol–water partition coefficient (Wildman–Crippen LogP) is 6.66. The summed E-state index contributed by atoms with van der Waals surface area (Å²) in [6.45, 7) is 5.25. The number of carbonyl (C=O) groups is 2. The lowest BCUT2D eigenvalue weighted by Crippen LogP contribution is -2.29. The third kappa shape index (κ3) is 4.82. The average molecular weight is 587 g/mol. The standard InChI is InChI=1S/C30H22F5NO6/c1-5-36-12-15(18-10-16(39-4)6-7-19(18)36)9-21-28(37)22-13(2)8-17(11-20(22)42-21)41-30(38)14(3)40-29-26(34)24(32)23(31)25(33)27(29)35/h6-12,14H,5H2,1-4H3/b21-9-. The summed E-state index contributed by atoms with van der Waals surface area (Å²) >= 11 is 0. The van der Waals surface area contributed by atoms with Crippen molar-refractivity contribution in [3.8, 4) is 23.0 Å². The monoisotopic (exact) mass is 587 g/mol. The van der Waals surface area contributed by atoms with Crippen LogP contribution in [0.2, 0.25) is 0 Å². The molecule has 1 unspecified atom stereocenters. The van der Waals surface area contributed by atoms with Crippen molar-refractivity contribution in [1.82, 2.24) is 4.57 Å². The number of ketones is 1. The molecule has 0 amide bonds. The number of aromatic nitrogens is 1. The van der Waals surface area contributed by atoms with Crippen molar-refractivity contribution in [1.29, 1.82) is 0 Å². The lowest BCUT2D eigenvalue weighted by Gasteiger charge is -2.16. The Morgan fingerprint density at radius 2 is 1.67 bits per heavy atom. The molecule has 0 saturated carbocycles. The largest absolute Gasteiger partial charge is 0.497 e. The van der Waals surface area contributed by atoms with Crippen LogP contribution in [0.4, 0.5) is 22.0 Å². The Morgan fingerprint density at radius 1 is 1.00 bits per heavy atom. The van der Waals surface area contributed by atoms with Crippen molar-refractivity contribution in [2.45, 2.75) is 33.4 Å². The van der Waals surface area contributed by atoms with E-state index in [9.17, 15) is 31.5 Å². The minimum absolute atomic E-state index is 0.0255. The van der Waals surface area contributed by atoms with E-state index in [0.29, 0.717) is 23.4 Å². The van der Waals surface area contributed by atoms with Gasteiger partial charge in [-0.3, -0.25) is 4.79 Å². The molecule has 2 heterocycles. The van der Waals surface area contributed by atoms with Gasteiger partial charge in [0.1, 0.15) is 17.2 Å². The smallest absolute Gasteiger partial charge is 0.352 e. The normalized spacial score (nSPS) is 14.2. The second kappa shape index (κ2) is 10.8. The van der Waals surface area contributed by atoms with Gasteiger partial charge in [-0.05, 0) is 56.7 Å². The van der Waals surface area contributed by atoms with E-state index in [1.54, 1.807) is 20.1 Å². The van der Waals surface area contributed by atoms with Crippen molar-refractivity contribution >= 4 is 28.7 Å². The molecular formula is C30H22F5NO6. The summed E-state index contributed by atoms with van der Waals surface area (Å²) in [6.07, 6.45) is 1.70. The van der Waals surface area contributed by atoms with Crippen LogP contribution >= 0.6 is 0 Å². The first-order valence-corrected chi connectivity index (χ1v) is 12.6. The highest BCUT2D eigenvalue weighted by Gasteiger charge is 2.32. The number of rotatable bonds is 7. The number of aryl methyl sites for hydroxylation is 2. The first-order valence-electron chi connectivity index (χ1n) is 12.6. The minimum atomic E-state index is -2.36. The van der Waals surface area contributed by atoms with Gasteiger partial charge in [-0.25, -0.2) is 18.0 Å². The van der Waals surface area contributed by atoms with E-state index in [1.807, 2.05) is 35.9 Å². The summed E-state index contributed by atoms with van der Waals surface area (Å²) in [6, 6.07) is 8.22. The third-order valence-electron chi connectivity index (χ3n) is 6.70. The summed E-state index contributed by atoms with van der Waals surface area (Å²) < 4.78 is 91.4. The molecule has 0 spiro atoms. The number of hydrogen-bond acceptors (Lipinski definition) is 6.